The number of nitrogens with one attached hydrogen (secondary N) is 1. The van der Waals surface area contributed by atoms with Crippen molar-refractivity contribution >= 4 is 27.8 Å². The summed E-state index contributed by atoms with van der Waals surface area (Å²) in [5, 5.41) is 11.8. The predicted octanol–water partition coefficient (Wildman–Crippen LogP) is 1.74. The third-order valence-corrected chi connectivity index (χ3v) is 3.72. The Morgan fingerprint density at radius 1 is 1.40 bits per heavy atom. The average Bonchev–Trinajstić information content (AvgIpc) is 2.94. The molecule has 1 aliphatic rings. The van der Waals surface area contributed by atoms with Gasteiger partial charge in [0.1, 0.15) is 12.1 Å². The first-order valence-electron chi connectivity index (χ1n) is 6.45. The van der Waals surface area contributed by atoms with Crippen molar-refractivity contribution in [1.29, 1.82) is 0 Å². The zero-order valence-corrected chi connectivity index (χ0v) is 12.4. The Kier molecular flexibility index (Phi) is 5.14. The van der Waals surface area contributed by atoms with Crippen LogP contribution in [0.2, 0.25) is 0 Å². The second-order valence-electron chi connectivity index (χ2n) is 4.73. The maximum absolute atomic E-state index is 11.9. The number of benzene rings is 1. The van der Waals surface area contributed by atoms with Crippen molar-refractivity contribution in [2.75, 3.05) is 6.61 Å². The number of rotatable bonds is 5. The van der Waals surface area contributed by atoms with Gasteiger partial charge in [0.25, 0.3) is 0 Å². The first-order chi connectivity index (χ1) is 9.56. The lowest BCUT2D eigenvalue weighted by molar-refractivity contribution is -0.143. The van der Waals surface area contributed by atoms with Gasteiger partial charge in [-0.3, -0.25) is 4.79 Å². The molecular weight excluding hydrogens is 326 g/mol. The zero-order valence-electron chi connectivity index (χ0n) is 10.8. The van der Waals surface area contributed by atoms with Crippen molar-refractivity contribution in [1.82, 2.24) is 5.32 Å². The highest BCUT2D eigenvalue weighted by atomic mass is 79.9. The SMILES string of the molecule is O=C(O)[C@H](Cc1ccc(Br)cc1)NC(=O)[C@H]1CCCO1. The van der Waals surface area contributed by atoms with Crippen LogP contribution in [-0.2, 0) is 20.7 Å². The van der Waals surface area contributed by atoms with Gasteiger partial charge in [-0.1, -0.05) is 28.1 Å². The summed E-state index contributed by atoms with van der Waals surface area (Å²) < 4.78 is 6.18. The monoisotopic (exact) mass is 341 g/mol. The Balaban J connectivity index is 1.98. The van der Waals surface area contributed by atoms with Crippen LogP contribution in [0, 0.1) is 0 Å². The first-order valence-corrected chi connectivity index (χ1v) is 7.25. The summed E-state index contributed by atoms with van der Waals surface area (Å²) >= 11 is 3.32. The van der Waals surface area contributed by atoms with Crippen LogP contribution in [-0.4, -0.2) is 35.7 Å². The second kappa shape index (κ2) is 6.85. The molecular formula is C14H16BrNO4. The minimum Gasteiger partial charge on any atom is -0.480 e. The van der Waals surface area contributed by atoms with Crippen molar-refractivity contribution in [3.63, 3.8) is 0 Å². The molecule has 1 fully saturated rings. The van der Waals surface area contributed by atoms with E-state index in [9.17, 15) is 14.7 Å². The van der Waals surface area contributed by atoms with Crippen LogP contribution >= 0.6 is 15.9 Å². The topological polar surface area (TPSA) is 75.6 Å². The van der Waals surface area contributed by atoms with Gasteiger partial charge in [-0.2, -0.15) is 0 Å². The molecule has 0 radical (unpaired) electrons. The van der Waals surface area contributed by atoms with E-state index in [0.717, 1.165) is 16.5 Å². The molecule has 1 amide bonds. The molecule has 1 aromatic rings. The van der Waals surface area contributed by atoms with Crippen LogP contribution in [0.5, 0.6) is 0 Å². The fraction of sp³-hybridized carbons (Fsp3) is 0.429. The maximum Gasteiger partial charge on any atom is 0.326 e. The number of amides is 1. The van der Waals surface area contributed by atoms with Crippen molar-refractivity contribution in [3.05, 3.63) is 34.3 Å². The molecule has 0 aromatic heterocycles. The number of carboxylic acid groups (broad SMARTS) is 1. The number of carboxylic acids is 1. The number of carbonyl (C=O) groups excluding carboxylic acids is 1. The molecule has 0 spiro atoms. The summed E-state index contributed by atoms with van der Waals surface area (Å²) in [6.07, 6.45) is 1.22. The average molecular weight is 342 g/mol. The molecule has 5 nitrogen and oxygen atoms in total. The van der Waals surface area contributed by atoms with Gasteiger partial charge in [-0.05, 0) is 30.5 Å². The number of halogens is 1. The Labute approximate surface area is 125 Å². The van der Waals surface area contributed by atoms with Gasteiger partial charge in [0.05, 0.1) is 0 Å². The molecule has 0 unspecified atom stereocenters. The van der Waals surface area contributed by atoms with E-state index in [2.05, 4.69) is 21.2 Å². The normalized spacial score (nSPS) is 19.6. The van der Waals surface area contributed by atoms with E-state index in [4.69, 9.17) is 4.74 Å². The molecule has 2 rings (SSSR count). The minimum absolute atomic E-state index is 0.251. The molecule has 1 aliphatic heterocycles. The largest absolute Gasteiger partial charge is 0.480 e. The molecule has 0 saturated carbocycles. The second-order valence-corrected chi connectivity index (χ2v) is 5.65. The number of hydrogen-bond donors (Lipinski definition) is 2. The van der Waals surface area contributed by atoms with Crippen molar-refractivity contribution < 1.29 is 19.4 Å². The molecule has 2 atom stereocenters. The zero-order chi connectivity index (χ0) is 14.5. The van der Waals surface area contributed by atoms with Crippen LogP contribution in [0.25, 0.3) is 0 Å². The van der Waals surface area contributed by atoms with Gasteiger partial charge in [-0.25, -0.2) is 4.79 Å². The summed E-state index contributed by atoms with van der Waals surface area (Å²) in [5.74, 6) is -1.38. The molecule has 1 saturated heterocycles. The maximum atomic E-state index is 11.9. The molecule has 1 aromatic carbocycles. The quantitative estimate of drug-likeness (QED) is 0.855. The molecule has 108 valence electrons. The van der Waals surface area contributed by atoms with Crippen molar-refractivity contribution in [2.45, 2.75) is 31.4 Å². The lowest BCUT2D eigenvalue weighted by Crippen LogP contribution is -2.46. The highest BCUT2D eigenvalue weighted by Crippen LogP contribution is 2.14. The van der Waals surface area contributed by atoms with Crippen LogP contribution in [0.1, 0.15) is 18.4 Å². The molecule has 6 heteroatoms. The summed E-state index contributed by atoms with van der Waals surface area (Å²) in [6.45, 7) is 0.558. The van der Waals surface area contributed by atoms with E-state index < -0.39 is 18.1 Å². The molecule has 20 heavy (non-hydrogen) atoms. The Morgan fingerprint density at radius 3 is 2.65 bits per heavy atom. The smallest absolute Gasteiger partial charge is 0.326 e. The summed E-state index contributed by atoms with van der Waals surface area (Å²) in [5.41, 5.74) is 0.855. The fourth-order valence-electron chi connectivity index (χ4n) is 2.11. The lowest BCUT2D eigenvalue weighted by Gasteiger charge is -2.17. The Morgan fingerprint density at radius 2 is 2.10 bits per heavy atom. The molecule has 0 aliphatic carbocycles. The lowest BCUT2D eigenvalue weighted by atomic mass is 10.1. The molecule has 1 heterocycles. The minimum atomic E-state index is -1.04. The fourth-order valence-corrected chi connectivity index (χ4v) is 2.37. The van der Waals surface area contributed by atoms with Crippen LogP contribution in [0.4, 0.5) is 0 Å². The van der Waals surface area contributed by atoms with Gasteiger partial charge in [0, 0.05) is 17.5 Å². The third kappa shape index (κ3) is 4.05. The number of hydrogen-bond acceptors (Lipinski definition) is 3. The Hall–Kier alpha value is -1.40. The van der Waals surface area contributed by atoms with Gasteiger partial charge in [0.2, 0.25) is 5.91 Å². The van der Waals surface area contributed by atoms with Crippen LogP contribution in [0.3, 0.4) is 0 Å². The molecule has 0 bridgehead atoms. The van der Waals surface area contributed by atoms with E-state index in [1.165, 1.54) is 0 Å². The van der Waals surface area contributed by atoms with Crippen LogP contribution in [0.15, 0.2) is 28.7 Å². The third-order valence-electron chi connectivity index (χ3n) is 3.19. The number of ether oxygens (including phenoxy) is 1. The summed E-state index contributed by atoms with van der Waals surface area (Å²) in [6, 6.07) is 6.41. The summed E-state index contributed by atoms with van der Waals surface area (Å²) in [7, 11) is 0. The van der Waals surface area contributed by atoms with Gasteiger partial charge in [0.15, 0.2) is 0 Å². The van der Waals surface area contributed by atoms with Gasteiger partial charge in [-0.15, -0.1) is 0 Å². The predicted molar refractivity (Wildman–Crippen MR) is 76.4 cm³/mol. The first kappa shape index (κ1) is 15.0. The number of aliphatic carboxylic acids is 1. The van der Waals surface area contributed by atoms with Crippen molar-refractivity contribution in [2.24, 2.45) is 0 Å². The summed E-state index contributed by atoms with van der Waals surface area (Å²) in [4.78, 5) is 23.2. The van der Waals surface area contributed by atoms with E-state index in [1.54, 1.807) is 0 Å². The van der Waals surface area contributed by atoms with Crippen molar-refractivity contribution in [3.8, 4) is 0 Å². The Bertz CT molecular complexity index is 482. The van der Waals surface area contributed by atoms with Crippen LogP contribution < -0.4 is 5.32 Å². The number of carbonyl (C=O) groups is 2. The van der Waals surface area contributed by atoms with Gasteiger partial charge < -0.3 is 15.2 Å². The van der Waals surface area contributed by atoms with E-state index in [-0.39, 0.29) is 12.3 Å². The van der Waals surface area contributed by atoms with E-state index in [0.29, 0.717) is 13.0 Å². The highest BCUT2D eigenvalue weighted by Gasteiger charge is 2.28. The van der Waals surface area contributed by atoms with Gasteiger partial charge >= 0.3 is 5.97 Å². The van der Waals surface area contributed by atoms with E-state index in [1.807, 2.05) is 24.3 Å². The highest BCUT2D eigenvalue weighted by molar-refractivity contribution is 9.10. The van der Waals surface area contributed by atoms with E-state index >= 15 is 0 Å². The molecule has 2 N–H and O–H groups in total. The standard InChI is InChI=1S/C14H16BrNO4/c15-10-5-3-9(4-6-10)8-11(14(18)19)16-13(17)12-2-1-7-20-12/h3-6,11-12H,1-2,7-8H2,(H,16,17)(H,18,19)/t11-,12+/m0/s1.